The van der Waals surface area contributed by atoms with Crippen LogP contribution < -0.4 is 19.5 Å². The topological polar surface area (TPSA) is 102 Å². The molecular formula is C24H29N5O4. The number of rotatable bonds is 7. The molecule has 2 aliphatic heterocycles. The highest BCUT2D eigenvalue weighted by Crippen LogP contribution is 2.47. The average Bonchev–Trinajstić information content (AvgIpc) is 3.50. The second kappa shape index (κ2) is 9.27. The number of aromatic nitrogens is 3. The summed E-state index contributed by atoms with van der Waals surface area (Å²) in [6, 6.07) is 3.88. The molecule has 5 rings (SSSR count). The highest BCUT2D eigenvalue weighted by Gasteiger charge is 2.28. The van der Waals surface area contributed by atoms with Gasteiger partial charge in [0.25, 0.3) is 5.91 Å². The van der Waals surface area contributed by atoms with E-state index in [-0.39, 0.29) is 18.7 Å². The number of nitrogens with one attached hydrogen (secondary N) is 2. The van der Waals surface area contributed by atoms with Crippen LogP contribution in [0.5, 0.6) is 17.2 Å². The number of hydrogen-bond acceptors (Lipinski definition) is 7. The number of carbonyl (C=O) groups excluding carboxylic acids is 1. The Labute approximate surface area is 192 Å². The van der Waals surface area contributed by atoms with E-state index in [9.17, 15) is 4.79 Å². The van der Waals surface area contributed by atoms with Crippen LogP contribution in [0.15, 0.2) is 24.7 Å². The van der Waals surface area contributed by atoms with Crippen molar-refractivity contribution in [3.8, 4) is 28.5 Å². The van der Waals surface area contributed by atoms with Crippen molar-refractivity contribution in [1.29, 1.82) is 0 Å². The van der Waals surface area contributed by atoms with Gasteiger partial charge in [0.1, 0.15) is 23.3 Å². The normalized spacial score (nSPS) is 16.3. The van der Waals surface area contributed by atoms with E-state index < -0.39 is 0 Å². The van der Waals surface area contributed by atoms with Gasteiger partial charge in [-0.1, -0.05) is 13.8 Å². The molecule has 4 heterocycles. The number of likely N-dealkylation sites (tertiary alicyclic amines) is 1. The summed E-state index contributed by atoms with van der Waals surface area (Å²) in [4.78, 5) is 27.7. The molecule has 1 saturated heterocycles. The smallest absolute Gasteiger partial charge is 0.255 e. The molecule has 0 radical (unpaired) electrons. The van der Waals surface area contributed by atoms with E-state index in [0.29, 0.717) is 51.7 Å². The number of carbonyl (C=O) groups is 1. The summed E-state index contributed by atoms with van der Waals surface area (Å²) >= 11 is 0. The molecule has 1 aromatic carbocycles. The third-order valence-corrected chi connectivity index (χ3v) is 6.28. The van der Waals surface area contributed by atoms with Gasteiger partial charge in [-0.05, 0) is 37.9 Å². The lowest BCUT2D eigenvalue weighted by Crippen LogP contribution is -2.44. The van der Waals surface area contributed by atoms with Gasteiger partial charge in [-0.2, -0.15) is 0 Å². The number of amides is 1. The number of hydrogen-bond donors (Lipinski definition) is 2. The van der Waals surface area contributed by atoms with Crippen LogP contribution in [0.3, 0.4) is 0 Å². The van der Waals surface area contributed by atoms with Crippen LogP contribution in [0.4, 0.5) is 0 Å². The van der Waals surface area contributed by atoms with Gasteiger partial charge in [-0.15, -0.1) is 0 Å². The lowest BCUT2D eigenvalue weighted by atomic mass is 10.0. The minimum Gasteiger partial charge on any atom is -0.493 e. The highest BCUT2D eigenvalue weighted by atomic mass is 16.7. The van der Waals surface area contributed by atoms with Gasteiger partial charge >= 0.3 is 0 Å². The summed E-state index contributed by atoms with van der Waals surface area (Å²) < 4.78 is 17.3. The van der Waals surface area contributed by atoms with Crippen LogP contribution in [0, 0.1) is 0 Å². The van der Waals surface area contributed by atoms with Crippen molar-refractivity contribution in [2.24, 2.45) is 0 Å². The number of benzene rings is 1. The summed E-state index contributed by atoms with van der Waals surface area (Å²) in [5, 5.41) is 3.18. The second-order valence-corrected chi connectivity index (χ2v) is 8.35. The molecule has 9 heteroatoms. The second-order valence-electron chi connectivity index (χ2n) is 8.35. The minimum absolute atomic E-state index is 0.124. The number of aromatic amines is 1. The highest BCUT2D eigenvalue weighted by molar-refractivity contribution is 6.08. The number of fused-ring (bicyclic) bond motifs is 2. The summed E-state index contributed by atoms with van der Waals surface area (Å²) in [6.07, 6.45) is 5.95. The Hall–Kier alpha value is -3.33. The van der Waals surface area contributed by atoms with Crippen molar-refractivity contribution in [1.82, 2.24) is 25.2 Å². The fraction of sp³-hybridized carbons (Fsp3) is 0.458. The monoisotopic (exact) mass is 451 g/mol. The first kappa shape index (κ1) is 21.5. The molecule has 174 valence electrons. The first-order valence-electron chi connectivity index (χ1n) is 11.6. The summed E-state index contributed by atoms with van der Waals surface area (Å²) in [6.45, 7) is 7.98. The van der Waals surface area contributed by atoms with Crippen molar-refractivity contribution < 1.29 is 19.0 Å². The summed E-state index contributed by atoms with van der Waals surface area (Å²) in [5.74, 6) is 1.76. The van der Waals surface area contributed by atoms with E-state index in [2.05, 4.69) is 39.0 Å². The van der Waals surface area contributed by atoms with Crippen molar-refractivity contribution in [2.75, 3.05) is 33.0 Å². The molecule has 2 aliphatic rings. The molecule has 0 spiro atoms. The zero-order valence-corrected chi connectivity index (χ0v) is 19.0. The number of ether oxygens (including phenoxy) is 3. The molecule has 2 N–H and O–H groups in total. The number of H-pyrrole nitrogens is 1. The van der Waals surface area contributed by atoms with Gasteiger partial charge in [0.05, 0.1) is 23.3 Å². The lowest BCUT2D eigenvalue weighted by molar-refractivity contribution is 0.0914. The van der Waals surface area contributed by atoms with Crippen LogP contribution in [-0.4, -0.2) is 64.8 Å². The Bertz CT molecular complexity index is 1150. The fourth-order valence-electron chi connectivity index (χ4n) is 4.47. The van der Waals surface area contributed by atoms with Crippen LogP contribution in [-0.2, 0) is 0 Å². The fourth-order valence-corrected chi connectivity index (χ4v) is 4.47. The van der Waals surface area contributed by atoms with E-state index in [4.69, 9.17) is 14.2 Å². The van der Waals surface area contributed by atoms with Gasteiger partial charge < -0.3 is 29.4 Å². The predicted molar refractivity (Wildman–Crippen MR) is 124 cm³/mol. The molecule has 2 aromatic heterocycles. The van der Waals surface area contributed by atoms with E-state index in [0.717, 1.165) is 38.9 Å². The Morgan fingerprint density at radius 3 is 2.88 bits per heavy atom. The first-order chi connectivity index (χ1) is 16.2. The van der Waals surface area contributed by atoms with Gasteiger partial charge in [0.2, 0.25) is 6.79 Å². The maximum absolute atomic E-state index is 13.1. The van der Waals surface area contributed by atoms with Crippen LogP contribution >= 0.6 is 0 Å². The molecule has 0 bridgehead atoms. The molecule has 0 saturated carbocycles. The third-order valence-electron chi connectivity index (χ3n) is 6.28. The zero-order chi connectivity index (χ0) is 22.8. The minimum atomic E-state index is -0.124. The standard InChI is InChI=1S/C24H29N5O4/c1-3-11-31-17-5-6-18-23(33-14-32-18)19(17)21-22-20(26-13-27-21)16(12-25-22)24(30)28-15-7-9-29(4-2)10-8-15/h5-6,12-13,15,25H,3-4,7-11,14H2,1-2H3,(H,28,30). The van der Waals surface area contributed by atoms with Crippen LogP contribution in [0.2, 0.25) is 0 Å². The van der Waals surface area contributed by atoms with Crippen LogP contribution in [0.1, 0.15) is 43.5 Å². The third kappa shape index (κ3) is 4.08. The van der Waals surface area contributed by atoms with Crippen molar-refractivity contribution in [2.45, 2.75) is 39.2 Å². The maximum atomic E-state index is 13.1. The van der Waals surface area contributed by atoms with Crippen LogP contribution in [0.25, 0.3) is 22.3 Å². The quantitative estimate of drug-likeness (QED) is 0.568. The molecule has 0 atom stereocenters. The molecule has 0 unspecified atom stereocenters. The maximum Gasteiger partial charge on any atom is 0.255 e. The Morgan fingerprint density at radius 1 is 1.24 bits per heavy atom. The lowest BCUT2D eigenvalue weighted by Gasteiger charge is -2.31. The van der Waals surface area contributed by atoms with Gasteiger partial charge in [0.15, 0.2) is 11.5 Å². The first-order valence-corrected chi connectivity index (χ1v) is 11.6. The molecule has 33 heavy (non-hydrogen) atoms. The largest absolute Gasteiger partial charge is 0.493 e. The Kier molecular flexibility index (Phi) is 6.04. The Morgan fingerprint density at radius 2 is 2.09 bits per heavy atom. The zero-order valence-electron chi connectivity index (χ0n) is 19.0. The molecular weight excluding hydrogens is 422 g/mol. The molecule has 3 aromatic rings. The van der Waals surface area contributed by atoms with Crippen molar-refractivity contribution >= 4 is 16.9 Å². The van der Waals surface area contributed by atoms with Gasteiger partial charge in [0, 0.05) is 25.3 Å². The number of nitrogens with zero attached hydrogens (tertiary/aromatic N) is 3. The number of piperidine rings is 1. The molecule has 1 fully saturated rings. The van der Waals surface area contributed by atoms with E-state index in [1.165, 1.54) is 6.33 Å². The Balaban J connectivity index is 1.48. The summed E-state index contributed by atoms with van der Waals surface area (Å²) in [5.41, 5.74) is 3.05. The van der Waals surface area contributed by atoms with Gasteiger partial charge in [-0.25, -0.2) is 9.97 Å². The summed E-state index contributed by atoms with van der Waals surface area (Å²) in [7, 11) is 0. The van der Waals surface area contributed by atoms with Crippen molar-refractivity contribution in [3.63, 3.8) is 0 Å². The van der Waals surface area contributed by atoms with E-state index in [1.807, 2.05) is 12.1 Å². The SMILES string of the molecule is CCCOc1ccc2c(c1-c1ncnc3c(C(=O)NC4CCN(CC)CC4)c[nH]c13)OCO2. The average molecular weight is 452 g/mol. The molecule has 0 aliphatic carbocycles. The van der Waals surface area contributed by atoms with E-state index >= 15 is 0 Å². The van der Waals surface area contributed by atoms with Crippen molar-refractivity contribution in [3.05, 3.63) is 30.2 Å². The molecule has 1 amide bonds. The predicted octanol–water partition coefficient (Wildman–Crippen LogP) is 3.36. The van der Waals surface area contributed by atoms with E-state index in [1.54, 1.807) is 6.20 Å². The van der Waals surface area contributed by atoms with Gasteiger partial charge in [-0.3, -0.25) is 4.79 Å². The molecule has 9 nitrogen and oxygen atoms in total.